The zero-order chi connectivity index (χ0) is 22.0. The predicted octanol–water partition coefficient (Wildman–Crippen LogP) is 1.95. The number of rotatable bonds is 7. The van der Waals surface area contributed by atoms with Gasteiger partial charge in [-0.3, -0.25) is 4.72 Å². The van der Waals surface area contributed by atoms with Gasteiger partial charge in [-0.15, -0.1) is 0 Å². The van der Waals surface area contributed by atoms with Crippen LogP contribution in [0.4, 0.5) is 10.1 Å². The summed E-state index contributed by atoms with van der Waals surface area (Å²) in [6, 6.07) is 9.88. The number of ether oxygens (including phenoxy) is 2. The van der Waals surface area contributed by atoms with Crippen molar-refractivity contribution in [1.82, 2.24) is 15.1 Å². The number of aromatic nitrogens is 2. The molecule has 0 unspecified atom stereocenters. The van der Waals surface area contributed by atoms with Crippen molar-refractivity contribution in [3.8, 4) is 11.4 Å². The number of nitrogens with one attached hydrogen (secondary N) is 2. The van der Waals surface area contributed by atoms with Gasteiger partial charge in [0.05, 0.1) is 36.4 Å². The van der Waals surface area contributed by atoms with Crippen LogP contribution in [0.2, 0.25) is 0 Å². The predicted molar refractivity (Wildman–Crippen MR) is 109 cm³/mol. The minimum atomic E-state index is -4.07. The maximum Gasteiger partial charge on any atom is 0.340 e. The number of hydrogen-bond acceptors (Lipinski definition) is 7. The van der Waals surface area contributed by atoms with Gasteiger partial charge >= 0.3 is 5.97 Å². The van der Waals surface area contributed by atoms with E-state index in [9.17, 15) is 17.6 Å². The first-order chi connectivity index (χ1) is 14.9. The number of anilines is 1. The summed E-state index contributed by atoms with van der Waals surface area (Å²) in [6.07, 6.45) is 2.43. The molecule has 2 heterocycles. The molecule has 1 aliphatic heterocycles. The molecule has 9 nitrogen and oxygen atoms in total. The molecule has 2 N–H and O–H groups in total. The number of methoxy groups -OCH3 is 1. The summed E-state index contributed by atoms with van der Waals surface area (Å²) in [6.45, 7) is 1.39. The van der Waals surface area contributed by atoms with E-state index in [1.807, 2.05) is 0 Å². The van der Waals surface area contributed by atoms with E-state index in [0.717, 1.165) is 6.20 Å². The van der Waals surface area contributed by atoms with Crippen LogP contribution in [0, 0.1) is 5.82 Å². The van der Waals surface area contributed by atoms with E-state index in [-0.39, 0.29) is 22.3 Å². The van der Waals surface area contributed by atoms with Crippen LogP contribution in [0.3, 0.4) is 0 Å². The molecule has 0 amide bonds. The third-order valence-corrected chi connectivity index (χ3v) is 5.97. The van der Waals surface area contributed by atoms with Crippen LogP contribution in [0.15, 0.2) is 59.8 Å². The Morgan fingerprint density at radius 2 is 1.97 bits per heavy atom. The summed E-state index contributed by atoms with van der Waals surface area (Å²) in [5.41, 5.74) is 0.548. The molecule has 4 rings (SSSR count). The lowest BCUT2D eigenvalue weighted by atomic mass is 10.1. The van der Waals surface area contributed by atoms with Crippen LogP contribution in [0.5, 0.6) is 5.75 Å². The van der Waals surface area contributed by atoms with Gasteiger partial charge in [0.15, 0.2) is 0 Å². The van der Waals surface area contributed by atoms with Crippen LogP contribution >= 0.6 is 0 Å². The molecule has 0 saturated carbocycles. The van der Waals surface area contributed by atoms with E-state index in [0.29, 0.717) is 24.5 Å². The molecular formula is C20H19FN4O5S. The van der Waals surface area contributed by atoms with E-state index in [2.05, 4.69) is 15.1 Å². The molecule has 0 atom stereocenters. The Morgan fingerprint density at radius 3 is 2.61 bits per heavy atom. The first kappa shape index (κ1) is 20.8. The summed E-state index contributed by atoms with van der Waals surface area (Å²) in [5, 5.41) is 7.09. The van der Waals surface area contributed by atoms with Gasteiger partial charge in [-0.05, 0) is 42.5 Å². The highest BCUT2D eigenvalue weighted by Crippen LogP contribution is 2.27. The lowest BCUT2D eigenvalue weighted by Crippen LogP contribution is -2.50. The second kappa shape index (κ2) is 8.36. The lowest BCUT2D eigenvalue weighted by Gasteiger charge is -2.28. The van der Waals surface area contributed by atoms with Crippen molar-refractivity contribution < 1.29 is 27.1 Å². The van der Waals surface area contributed by atoms with Gasteiger partial charge in [-0.25, -0.2) is 22.3 Å². The minimum absolute atomic E-state index is 0.00895. The van der Waals surface area contributed by atoms with Crippen molar-refractivity contribution >= 4 is 21.7 Å². The zero-order valence-corrected chi connectivity index (χ0v) is 17.2. The number of nitrogens with zero attached hydrogens (tertiary/aromatic N) is 2. The van der Waals surface area contributed by atoms with Crippen LogP contribution in [0.1, 0.15) is 10.4 Å². The summed E-state index contributed by atoms with van der Waals surface area (Å²) < 4.78 is 53.0. The van der Waals surface area contributed by atoms with E-state index in [4.69, 9.17) is 9.47 Å². The van der Waals surface area contributed by atoms with Crippen LogP contribution < -0.4 is 14.8 Å². The van der Waals surface area contributed by atoms with Crippen molar-refractivity contribution in [3.63, 3.8) is 0 Å². The second-order valence-electron chi connectivity index (χ2n) is 6.80. The van der Waals surface area contributed by atoms with E-state index in [1.54, 1.807) is 6.07 Å². The van der Waals surface area contributed by atoms with Gasteiger partial charge in [0.1, 0.15) is 22.6 Å². The van der Waals surface area contributed by atoms with Crippen molar-refractivity contribution in [3.05, 3.63) is 66.2 Å². The van der Waals surface area contributed by atoms with Gasteiger partial charge in [0.25, 0.3) is 10.0 Å². The maximum absolute atomic E-state index is 13.1. The fourth-order valence-electron chi connectivity index (χ4n) is 2.89. The summed E-state index contributed by atoms with van der Waals surface area (Å²) >= 11 is 0. The molecule has 0 spiro atoms. The van der Waals surface area contributed by atoms with Crippen molar-refractivity contribution in [2.75, 3.05) is 24.9 Å². The molecule has 1 saturated heterocycles. The molecule has 1 aromatic heterocycles. The Bertz CT molecular complexity index is 1210. The normalized spacial score (nSPS) is 14.0. The first-order valence-electron chi connectivity index (χ1n) is 9.29. The Morgan fingerprint density at radius 1 is 1.23 bits per heavy atom. The molecule has 11 heteroatoms. The topological polar surface area (TPSA) is 112 Å². The molecule has 0 bridgehead atoms. The Kier molecular flexibility index (Phi) is 5.61. The van der Waals surface area contributed by atoms with Crippen LogP contribution in [-0.2, 0) is 14.8 Å². The average Bonchev–Trinajstić information content (AvgIpc) is 3.22. The highest BCUT2D eigenvalue weighted by Gasteiger charge is 2.23. The molecule has 1 aliphatic rings. The van der Waals surface area contributed by atoms with Crippen molar-refractivity contribution in [2.45, 2.75) is 11.0 Å². The largest absolute Gasteiger partial charge is 0.488 e. The highest BCUT2D eigenvalue weighted by molar-refractivity contribution is 7.92. The maximum atomic E-state index is 13.1. The summed E-state index contributed by atoms with van der Waals surface area (Å²) in [7, 11) is -2.86. The number of esters is 1. The monoisotopic (exact) mass is 446 g/mol. The van der Waals surface area contributed by atoms with Gasteiger partial charge in [0, 0.05) is 13.1 Å². The first-order valence-corrected chi connectivity index (χ1v) is 10.8. The highest BCUT2D eigenvalue weighted by atomic mass is 32.2. The van der Waals surface area contributed by atoms with Crippen LogP contribution in [-0.4, -0.2) is 50.5 Å². The van der Waals surface area contributed by atoms with E-state index in [1.165, 1.54) is 54.4 Å². The molecule has 0 radical (unpaired) electrons. The Hall–Kier alpha value is -3.44. The zero-order valence-electron chi connectivity index (χ0n) is 16.4. The van der Waals surface area contributed by atoms with Crippen molar-refractivity contribution in [2.24, 2.45) is 0 Å². The molecule has 3 aromatic rings. The molecule has 1 fully saturated rings. The summed E-state index contributed by atoms with van der Waals surface area (Å²) in [4.78, 5) is 12.1. The Labute approximate surface area is 177 Å². The third-order valence-electron chi connectivity index (χ3n) is 4.65. The van der Waals surface area contributed by atoms with Gasteiger partial charge in [-0.2, -0.15) is 5.10 Å². The molecule has 162 valence electrons. The minimum Gasteiger partial charge on any atom is -0.488 e. The van der Waals surface area contributed by atoms with E-state index < -0.39 is 21.8 Å². The average molecular weight is 446 g/mol. The van der Waals surface area contributed by atoms with E-state index >= 15 is 0 Å². The second-order valence-corrected chi connectivity index (χ2v) is 8.48. The van der Waals surface area contributed by atoms with Gasteiger partial charge < -0.3 is 14.8 Å². The SMILES string of the molecule is COC(=O)c1cc(OC2CNC2)ccc1NS(=O)(=O)c1cnn(-c2ccc(F)cc2)c1. The molecule has 31 heavy (non-hydrogen) atoms. The van der Waals surface area contributed by atoms with Gasteiger partial charge in [-0.1, -0.05) is 0 Å². The number of sulfonamides is 1. The quantitative estimate of drug-likeness (QED) is 0.534. The summed E-state index contributed by atoms with van der Waals surface area (Å²) in [5.74, 6) is -0.697. The van der Waals surface area contributed by atoms with Crippen molar-refractivity contribution in [1.29, 1.82) is 0 Å². The standard InChI is InChI=1S/C20H19FN4O5S/c1-29-20(26)18-8-15(30-16-9-22-10-16)6-7-19(18)24-31(27,28)17-11-23-25(12-17)14-4-2-13(21)3-5-14/h2-8,11-12,16,22,24H,9-10H2,1H3. The number of hydrogen-bond donors (Lipinski definition) is 2. The number of halogens is 1. The number of carbonyl (C=O) groups excluding carboxylic acids is 1. The molecule has 0 aliphatic carbocycles. The van der Waals surface area contributed by atoms with Crippen LogP contribution in [0.25, 0.3) is 5.69 Å². The Balaban J connectivity index is 1.59. The number of carbonyl (C=O) groups is 1. The fourth-order valence-corrected chi connectivity index (χ4v) is 3.90. The lowest BCUT2D eigenvalue weighted by molar-refractivity contribution is 0.0600. The number of benzene rings is 2. The smallest absolute Gasteiger partial charge is 0.340 e. The van der Waals surface area contributed by atoms with Gasteiger partial charge in [0.2, 0.25) is 0 Å². The molecule has 2 aromatic carbocycles. The molecular weight excluding hydrogens is 427 g/mol. The third kappa shape index (κ3) is 4.52. The fraction of sp³-hybridized carbons (Fsp3) is 0.200.